The summed E-state index contributed by atoms with van der Waals surface area (Å²) in [4.78, 5) is 11.5. The van der Waals surface area contributed by atoms with Crippen LogP contribution in [0.1, 0.15) is 16.6 Å². The van der Waals surface area contributed by atoms with E-state index >= 15 is 0 Å². The Morgan fingerprint density at radius 1 is 1.42 bits per heavy atom. The van der Waals surface area contributed by atoms with Gasteiger partial charge in [0.25, 0.3) is 0 Å². The van der Waals surface area contributed by atoms with Gasteiger partial charge in [-0.1, -0.05) is 6.92 Å². The summed E-state index contributed by atoms with van der Waals surface area (Å²) in [7, 11) is -2.44. The minimum Gasteiger partial charge on any atom is -0.465 e. The zero-order chi connectivity index (χ0) is 13.6. The molecule has 1 aromatic rings. The number of carbonyl (C=O) groups is 1. The molecule has 9 heteroatoms. The van der Waals surface area contributed by atoms with Crippen molar-refractivity contribution >= 4 is 39.7 Å². The smallest absolute Gasteiger partial charge is 0.349 e. The van der Waals surface area contributed by atoms with Gasteiger partial charge in [-0.2, -0.15) is 0 Å². The monoisotopic (exact) mass is 328 g/mol. The lowest BCUT2D eigenvalue weighted by molar-refractivity contribution is 0.0602. The summed E-state index contributed by atoms with van der Waals surface area (Å²) in [5, 5.41) is 4.55. The van der Waals surface area contributed by atoms with Gasteiger partial charge in [-0.3, -0.25) is 0 Å². The highest BCUT2D eigenvalue weighted by atomic mass is 35.5. The molecule has 0 aliphatic heterocycles. The van der Waals surface area contributed by atoms with E-state index in [-0.39, 0.29) is 28.7 Å². The second-order valence-corrected chi connectivity index (χ2v) is 6.01. The Hall–Kier alpha value is -0.670. The number of carbonyl (C=O) groups excluding carboxylic acids is 1. The van der Waals surface area contributed by atoms with Gasteiger partial charge in [-0.05, 0) is 18.0 Å². The van der Waals surface area contributed by atoms with Crippen molar-refractivity contribution in [1.82, 2.24) is 10.0 Å². The van der Waals surface area contributed by atoms with Gasteiger partial charge in [0.05, 0.1) is 7.11 Å². The van der Waals surface area contributed by atoms with Crippen LogP contribution in [0.15, 0.2) is 16.3 Å². The van der Waals surface area contributed by atoms with E-state index in [2.05, 4.69) is 14.8 Å². The number of halogens is 1. The Balaban J connectivity index is 0.00000324. The van der Waals surface area contributed by atoms with Crippen molar-refractivity contribution in [2.24, 2.45) is 0 Å². The first kappa shape index (κ1) is 18.3. The highest BCUT2D eigenvalue weighted by molar-refractivity contribution is 7.89. The summed E-state index contributed by atoms with van der Waals surface area (Å²) in [6, 6.07) is 1.40. The normalized spacial score (nSPS) is 10.8. The quantitative estimate of drug-likeness (QED) is 0.572. The van der Waals surface area contributed by atoms with E-state index in [0.29, 0.717) is 6.54 Å². The summed E-state index contributed by atoms with van der Waals surface area (Å²) in [5.74, 6) is -0.642. The minimum atomic E-state index is -3.66. The fourth-order valence-electron chi connectivity index (χ4n) is 1.28. The molecule has 0 atom stereocenters. The molecule has 0 saturated heterocycles. The third-order valence-electron chi connectivity index (χ3n) is 2.13. The second kappa shape index (κ2) is 8.49. The first-order valence-electron chi connectivity index (χ1n) is 5.39. The van der Waals surface area contributed by atoms with Gasteiger partial charge in [0.2, 0.25) is 10.0 Å². The summed E-state index contributed by atoms with van der Waals surface area (Å²) in [5.41, 5.74) is 0. The van der Waals surface area contributed by atoms with E-state index in [1.807, 2.05) is 6.92 Å². The van der Waals surface area contributed by atoms with Crippen LogP contribution < -0.4 is 10.0 Å². The summed E-state index contributed by atoms with van der Waals surface area (Å²) < 4.78 is 30.9. The molecule has 0 bridgehead atoms. The topological polar surface area (TPSA) is 84.5 Å². The largest absolute Gasteiger partial charge is 0.465 e. The van der Waals surface area contributed by atoms with Crippen LogP contribution in [-0.2, 0) is 14.8 Å². The van der Waals surface area contributed by atoms with Crippen LogP contribution in [-0.4, -0.2) is 41.1 Å². The third kappa shape index (κ3) is 5.07. The molecular formula is C10H17ClN2O4S2. The molecule has 0 saturated carbocycles. The molecule has 0 aliphatic rings. The standard InChI is InChI=1S/C10H16N2O4S2.ClH/c1-3-11-5-6-12-18(14,15)8-4-7-17-9(8)10(13)16-2;/h4,7,11-12H,3,5-6H2,1-2H3;1H. The molecule has 0 aromatic carbocycles. The summed E-state index contributed by atoms with van der Waals surface area (Å²) >= 11 is 1.04. The van der Waals surface area contributed by atoms with Crippen LogP contribution in [0, 0.1) is 0 Å². The van der Waals surface area contributed by atoms with E-state index in [9.17, 15) is 13.2 Å². The molecule has 1 rings (SSSR count). The van der Waals surface area contributed by atoms with Crippen LogP contribution in [0.25, 0.3) is 0 Å². The zero-order valence-corrected chi connectivity index (χ0v) is 13.1. The molecular weight excluding hydrogens is 312 g/mol. The molecule has 0 unspecified atom stereocenters. The minimum absolute atomic E-state index is 0. The predicted octanol–water partition coefficient (Wildman–Crippen LogP) is 0.844. The molecule has 0 amide bonds. The maximum Gasteiger partial charge on any atom is 0.349 e. The number of nitrogens with one attached hydrogen (secondary N) is 2. The molecule has 110 valence electrons. The van der Waals surface area contributed by atoms with Crippen LogP contribution in [0.5, 0.6) is 0 Å². The van der Waals surface area contributed by atoms with Crippen LogP contribution in [0.4, 0.5) is 0 Å². The van der Waals surface area contributed by atoms with Gasteiger partial charge in [-0.25, -0.2) is 17.9 Å². The number of hydrogen-bond acceptors (Lipinski definition) is 6. The van der Waals surface area contributed by atoms with E-state index < -0.39 is 16.0 Å². The number of sulfonamides is 1. The number of hydrogen-bond donors (Lipinski definition) is 2. The Morgan fingerprint density at radius 3 is 2.68 bits per heavy atom. The zero-order valence-electron chi connectivity index (χ0n) is 10.6. The van der Waals surface area contributed by atoms with E-state index in [4.69, 9.17) is 0 Å². The molecule has 1 heterocycles. The lowest BCUT2D eigenvalue weighted by Crippen LogP contribution is -2.32. The molecule has 2 N–H and O–H groups in total. The Labute approximate surface area is 123 Å². The van der Waals surface area contributed by atoms with Crippen molar-refractivity contribution in [1.29, 1.82) is 0 Å². The lowest BCUT2D eigenvalue weighted by atomic mass is 10.5. The van der Waals surface area contributed by atoms with Crippen molar-refractivity contribution in [3.63, 3.8) is 0 Å². The number of likely N-dealkylation sites (N-methyl/N-ethyl adjacent to an activating group) is 1. The van der Waals surface area contributed by atoms with Crippen molar-refractivity contribution < 1.29 is 17.9 Å². The molecule has 0 radical (unpaired) electrons. The van der Waals surface area contributed by atoms with E-state index in [0.717, 1.165) is 17.9 Å². The van der Waals surface area contributed by atoms with Crippen LogP contribution >= 0.6 is 23.7 Å². The first-order valence-corrected chi connectivity index (χ1v) is 7.75. The van der Waals surface area contributed by atoms with E-state index in [1.165, 1.54) is 13.2 Å². The first-order chi connectivity index (χ1) is 8.53. The number of rotatable bonds is 7. The maximum absolute atomic E-state index is 12.0. The number of methoxy groups -OCH3 is 1. The molecule has 0 fully saturated rings. The van der Waals surface area contributed by atoms with Crippen LogP contribution in [0.2, 0.25) is 0 Å². The van der Waals surface area contributed by atoms with Gasteiger partial charge in [0.1, 0.15) is 9.77 Å². The summed E-state index contributed by atoms with van der Waals surface area (Å²) in [6.07, 6.45) is 0. The fourth-order valence-corrected chi connectivity index (χ4v) is 3.64. The molecule has 0 aliphatic carbocycles. The molecule has 1 aromatic heterocycles. The fraction of sp³-hybridized carbons (Fsp3) is 0.500. The predicted molar refractivity (Wildman–Crippen MR) is 76.6 cm³/mol. The molecule has 6 nitrogen and oxygen atoms in total. The van der Waals surface area contributed by atoms with Crippen molar-refractivity contribution in [2.45, 2.75) is 11.8 Å². The van der Waals surface area contributed by atoms with Crippen molar-refractivity contribution in [3.05, 3.63) is 16.3 Å². The van der Waals surface area contributed by atoms with Gasteiger partial charge in [0, 0.05) is 13.1 Å². The van der Waals surface area contributed by atoms with Gasteiger partial charge >= 0.3 is 5.97 Å². The number of esters is 1. The van der Waals surface area contributed by atoms with Gasteiger partial charge in [-0.15, -0.1) is 23.7 Å². The Kier molecular flexibility index (Phi) is 8.19. The maximum atomic E-state index is 12.0. The third-order valence-corrected chi connectivity index (χ3v) is 4.66. The summed E-state index contributed by atoms with van der Waals surface area (Å²) in [6.45, 7) is 3.51. The SMILES string of the molecule is CCNCCNS(=O)(=O)c1ccsc1C(=O)OC.Cl. The average Bonchev–Trinajstić information content (AvgIpc) is 2.83. The van der Waals surface area contributed by atoms with E-state index in [1.54, 1.807) is 5.38 Å². The van der Waals surface area contributed by atoms with Crippen molar-refractivity contribution in [2.75, 3.05) is 26.7 Å². The highest BCUT2D eigenvalue weighted by Crippen LogP contribution is 2.22. The van der Waals surface area contributed by atoms with Gasteiger partial charge < -0.3 is 10.1 Å². The highest BCUT2D eigenvalue weighted by Gasteiger charge is 2.23. The number of ether oxygens (including phenoxy) is 1. The lowest BCUT2D eigenvalue weighted by Gasteiger charge is -2.07. The van der Waals surface area contributed by atoms with Crippen LogP contribution in [0.3, 0.4) is 0 Å². The molecule has 19 heavy (non-hydrogen) atoms. The Bertz CT molecular complexity index is 501. The second-order valence-electron chi connectivity index (χ2n) is 3.36. The number of thiophene rings is 1. The average molecular weight is 329 g/mol. The van der Waals surface area contributed by atoms with Crippen molar-refractivity contribution in [3.8, 4) is 0 Å². The Morgan fingerprint density at radius 2 is 2.11 bits per heavy atom. The molecule has 0 spiro atoms. The van der Waals surface area contributed by atoms with Gasteiger partial charge in [0.15, 0.2) is 0 Å².